The average Bonchev–Trinajstić information content (AvgIpc) is 3.03. The summed E-state index contributed by atoms with van der Waals surface area (Å²) in [6, 6.07) is 21.2. The van der Waals surface area contributed by atoms with E-state index in [0.29, 0.717) is 5.56 Å². The topological polar surface area (TPSA) is 37.3 Å². The maximum Gasteiger partial charge on any atom is 0.336 e. The van der Waals surface area contributed by atoms with E-state index in [1.807, 2.05) is 30.3 Å². The van der Waals surface area contributed by atoms with Crippen molar-refractivity contribution in [2.75, 3.05) is 0 Å². The van der Waals surface area contributed by atoms with Crippen LogP contribution in [0.5, 0.6) is 0 Å². The number of carboxylic acids is 1. The van der Waals surface area contributed by atoms with E-state index in [9.17, 15) is 4.79 Å². The van der Waals surface area contributed by atoms with Crippen molar-refractivity contribution >= 4 is 22.8 Å². The molecule has 108 valence electrons. The van der Waals surface area contributed by atoms with E-state index in [1.54, 1.807) is 12.1 Å². The van der Waals surface area contributed by atoms with Gasteiger partial charge in [0.15, 0.2) is 0 Å². The summed E-state index contributed by atoms with van der Waals surface area (Å²) in [5.41, 5.74) is 3.20. The second kappa shape index (κ2) is 6.27. The Balaban J connectivity index is 0.000000139. The van der Waals surface area contributed by atoms with Gasteiger partial charge in [-0.3, -0.25) is 0 Å². The van der Waals surface area contributed by atoms with Crippen molar-refractivity contribution in [2.24, 2.45) is 0 Å². The zero-order chi connectivity index (χ0) is 15.4. The van der Waals surface area contributed by atoms with Crippen LogP contribution in [0.3, 0.4) is 0 Å². The molecule has 3 aromatic carbocycles. The predicted octanol–water partition coefficient (Wildman–Crippen LogP) is 4.79. The lowest BCUT2D eigenvalue weighted by Crippen LogP contribution is -1.96. The molecular weight excluding hydrogens is 272 g/mol. The third kappa shape index (κ3) is 2.91. The minimum absolute atomic E-state index is 0.359. The highest BCUT2D eigenvalue weighted by molar-refractivity contribution is 6.03. The molecule has 0 atom stereocenters. The van der Waals surface area contributed by atoms with Gasteiger partial charge in [0.05, 0.1) is 5.56 Å². The average molecular weight is 288 g/mol. The highest BCUT2D eigenvalue weighted by Gasteiger charge is 2.05. The SMILES string of the molecule is C1=Cc2ccccc2C1.O=C(O)c1cccc2ccccc12. The number of fused-ring (bicyclic) bond motifs is 2. The molecule has 0 heterocycles. The summed E-state index contributed by atoms with van der Waals surface area (Å²) in [5.74, 6) is -0.878. The van der Waals surface area contributed by atoms with E-state index >= 15 is 0 Å². The van der Waals surface area contributed by atoms with Gasteiger partial charge in [-0.2, -0.15) is 0 Å². The molecule has 0 spiro atoms. The van der Waals surface area contributed by atoms with Crippen LogP contribution < -0.4 is 0 Å². The first-order valence-corrected chi connectivity index (χ1v) is 7.21. The summed E-state index contributed by atoms with van der Waals surface area (Å²) in [5, 5.41) is 10.6. The summed E-state index contributed by atoms with van der Waals surface area (Å²) in [6.07, 6.45) is 5.50. The van der Waals surface area contributed by atoms with Crippen molar-refractivity contribution in [1.82, 2.24) is 0 Å². The molecule has 4 rings (SSSR count). The number of hydrogen-bond donors (Lipinski definition) is 1. The van der Waals surface area contributed by atoms with Crippen molar-refractivity contribution in [1.29, 1.82) is 0 Å². The quantitative estimate of drug-likeness (QED) is 0.698. The summed E-state index contributed by atoms with van der Waals surface area (Å²) in [7, 11) is 0. The van der Waals surface area contributed by atoms with Crippen LogP contribution in [0.25, 0.3) is 16.8 Å². The van der Waals surface area contributed by atoms with E-state index in [-0.39, 0.29) is 0 Å². The summed E-state index contributed by atoms with van der Waals surface area (Å²) >= 11 is 0. The molecule has 22 heavy (non-hydrogen) atoms. The van der Waals surface area contributed by atoms with Gasteiger partial charge in [-0.1, -0.05) is 72.8 Å². The molecule has 0 aliphatic heterocycles. The van der Waals surface area contributed by atoms with Gasteiger partial charge < -0.3 is 5.11 Å². The van der Waals surface area contributed by atoms with Gasteiger partial charge in [0, 0.05) is 0 Å². The molecule has 0 unspecified atom stereocenters. The number of allylic oxidation sites excluding steroid dienone is 1. The first-order chi connectivity index (χ1) is 10.8. The zero-order valence-corrected chi connectivity index (χ0v) is 12.1. The Kier molecular flexibility index (Phi) is 4.01. The third-order valence-electron chi connectivity index (χ3n) is 3.71. The van der Waals surface area contributed by atoms with Crippen molar-refractivity contribution in [3.05, 3.63) is 89.5 Å². The number of aromatic carboxylic acids is 1. The van der Waals surface area contributed by atoms with E-state index in [1.165, 1.54) is 11.1 Å². The Morgan fingerprint density at radius 3 is 2.41 bits per heavy atom. The first-order valence-electron chi connectivity index (χ1n) is 7.21. The highest BCUT2D eigenvalue weighted by Crippen LogP contribution is 2.18. The Bertz CT molecular complexity index is 842. The second-order valence-corrected chi connectivity index (χ2v) is 5.14. The summed E-state index contributed by atoms with van der Waals surface area (Å²) in [6.45, 7) is 0. The number of carboxylic acid groups (broad SMARTS) is 1. The standard InChI is InChI=1S/C11H8O2.C9H8/c12-11(13)10-7-3-5-8-4-1-2-6-9(8)10;1-2-5-9-7-3-6-8(9)4-1/h1-7H,(H,12,13);1-6H,7H2. The predicted molar refractivity (Wildman–Crippen MR) is 90.1 cm³/mol. The van der Waals surface area contributed by atoms with E-state index in [4.69, 9.17) is 5.11 Å². The molecule has 0 radical (unpaired) electrons. The van der Waals surface area contributed by atoms with Crippen LogP contribution in [0.2, 0.25) is 0 Å². The largest absolute Gasteiger partial charge is 0.478 e. The molecule has 0 aromatic heterocycles. The number of benzene rings is 3. The molecule has 0 saturated heterocycles. The molecule has 2 nitrogen and oxygen atoms in total. The van der Waals surface area contributed by atoms with Crippen LogP contribution in [0.1, 0.15) is 21.5 Å². The van der Waals surface area contributed by atoms with Crippen molar-refractivity contribution < 1.29 is 9.90 Å². The van der Waals surface area contributed by atoms with Crippen molar-refractivity contribution in [3.8, 4) is 0 Å². The number of rotatable bonds is 1. The van der Waals surface area contributed by atoms with Crippen molar-refractivity contribution in [3.63, 3.8) is 0 Å². The van der Waals surface area contributed by atoms with Crippen LogP contribution in [-0.2, 0) is 6.42 Å². The fourth-order valence-corrected chi connectivity index (χ4v) is 2.61. The van der Waals surface area contributed by atoms with Crippen LogP contribution in [0.15, 0.2) is 72.8 Å². The maximum atomic E-state index is 10.8. The molecule has 0 saturated carbocycles. The fourth-order valence-electron chi connectivity index (χ4n) is 2.61. The maximum absolute atomic E-state index is 10.8. The van der Waals surface area contributed by atoms with Crippen LogP contribution in [0, 0.1) is 0 Å². The van der Waals surface area contributed by atoms with Crippen LogP contribution in [0.4, 0.5) is 0 Å². The van der Waals surface area contributed by atoms with Gasteiger partial charge >= 0.3 is 5.97 Å². The highest BCUT2D eigenvalue weighted by atomic mass is 16.4. The monoisotopic (exact) mass is 288 g/mol. The van der Waals surface area contributed by atoms with Crippen LogP contribution in [-0.4, -0.2) is 11.1 Å². The fraction of sp³-hybridized carbons (Fsp3) is 0.0500. The third-order valence-corrected chi connectivity index (χ3v) is 3.71. The van der Waals surface area contributed by atoms with Gasteiger partial charge in [0.25, 0.3) is 0 Å². The lowest BCUT2D eigenvalue weighted by molar-refractivity contribution is 0.0699. The van der Waals surface area contributed by atoms with Crippen molar-refractivity contribution in [2.45, 2.75) is 6.42 Å². The zero-order valence-electron chi connectivity index (χ0n) is 12.1. The van der Waals surface area contributed by atoms with Gasteiger partial charge in [-0.15, -0.1) is 0 Å². The normalized spacial score (nSPS) is 11.6. The molecular formula is C20H16O2. The van der Waals surface area contributed by atoms with E-state index in [2.05, 4.69) is 36.4 Å². The number of hydrogen-bond acceptors (Lipinski definition) is 1. The Morgan fingerprint density at radius 1 is 0.864 bits per heavy atom. The molecule has 1 N–H and O–H groups in total. The molecule has 0 fully saturated rings. The van der Waals surface area contributed by atoms with Gasteiger partial charge in [-0.25, -0.2) is 4.79 Å². The minimum atomic E-state index is -0.878. The Hall–Kier alpha value is -2.87. The molecule has 1 aliphatic carbocycles. The van der Waals surface area contributed by atoms with Gasteiger partial charge in [0.1, 0.15) is 0 Å². The second-order valence-electron chi connectivity index (χ2n) is 5.14. The van der Waals surface area contributed by atoms with Crippen LogP contribution >= 0.6 is 0 Å². The molecule has 0 amide bonds. The van der Waals surface area contributed by atoms with Gasteiger partial charge in [-0.05, 0) is 34.4 Å². The van der Waals surface area contributed by atoms with E-state index in [0.717, 1.165) is 17.2 Å². The lowest BCUT2D eigenvalue weighted by atomic mass is 10.1. The molecule has 1 aliphatic rings. The Morgan fingerprint density at radius 2 is 1.59 bits per heavy atom. The minimum Gasteiger partial charge on any atom is -0.478 e. The first kappa shape index (κ1) is 14.1. The lowest BCUT2D eigenvalue weighted by Gasteiger charge is -2.00. The number of carbonyl (C=O) groups is 1. The molecule has 3 aromatic rings. The molecule has 2 heteroatoms. The van der Waals surface area contributed by atoms with E-state index < -0.39 is 5.97 Å². The smallest absolute Gasteiger partial charge is 0.336 e. The summed E-state index contributed by atoms with van der Waals surface area (Å²) < 4.78 is 0. The molecule has 0 bridgehead atoms. The Labute approximate surface area is 129 Å². The van der Waals surface area contributed by atoms with Gasteiger partial charge in [0.2, 0.25) is 0 Å². The summed E-state index contributed by atoms with van der Waals surface area (Å²) in [4.78, 5) is 10.8.